The third-order valence-corrected chi connectivity index (χ3v) is 3.66. The zero-order chi connectivity index (χ0) is 13.1. The Morgan fingerprint density at radius 2 is 1.89 bits per heavy atom. The van der Waals surface area contributed by atoms with Gasteiger partial charge in [-0.3, -0.25) is 5.43 Å². The average Bonchev–Trinajstić information content (AvgIpc) is 2.89. The molecule has 0 amide bonds. The molecule has 5 nitrogen and oxygen atoms in total. The highest BCUT2D eigenvalue weighted by Gasteiger charge is 2.13. The van der Waals surface area contributed by atoms with Crippen molar-refractivity contribution < 1.29 is 9.13 Å². The number of benzene rings is 1. The van der Waals surface area contributed by atoms with Gasteiger partial charge in [-0.05, 0) is 24.3 Å². The summed E-state index contributed by atoms with van der Waals surface area (Å²) in [6.07, 6.45) is 0. The largest absolute Gasteiger partial charge is 0.379 e. The first-order valence-corrected chi connectivity index (χ1v) is 6.82. The van der Waals surface area contributed by atoms with Gasteiger partial charge in [-0.25, -0.2) is 9.40 Å². The average molecular weight is 280 g/mol. The van der Waals surface area contributed by atoms with Crippen molar-refractivity contribution in [3.8, 4) is 10.6 Å². The second-order valence-electron chi connectivity index (χ2n) is 4.13. The molecule has 7 heteroatoms. The zero-order valence-electron chi connectivity index (χ0n) is 10.2. The topological polar surface area (TPSA) is 50.3 Å². The van der Waals surface area contributed by atoms with Gasteiger partial charge >= 0.3 is 0 Å². The number of aromatic nitrogens is 2. The molecule has 1 aliphatic heterocycles. The van der Waals surface area contributed by atoms with Crippen LogP contribution in [-0.2, 0) is 4.74 Å². The summed E-state index contributed by atoms with van der Waals surface area (Å²) in [5.74, 6) is -0.250. The van der Waals surface area contributed by atoms with Crippen LogP contribution < -0.4 is 5.43 Å². The van der Waals surface area contributed by atoms with Crippen LogP contribution in [0.1, 0.15) is 0 Å². The lowest BCUT2D eigenvalue weighted by Gasteiger charge is -2.26. The van der Waals surface area contributed by atoms with Crippen LogP contribution in [0.15, 0.2) is 24.3 Å². The number of hydrogen-bond acceptors (Lipinski definition) is 6. The highest BCUT2D eigenvalue weighted by atomic mass is 32.1. The van der Waals surface area contributed by atoms with Gasteiger partial charge in [0.15, 0.2) is 0 Å². The van der Waals surface area contributed by atoms with Crippen LogP contribution in [-0.4, -0.2) is 41.5 Å². The summed E-state index contributed by atoms with van der Waals surface area (Å²) >= 11 is 1.45. The summed E-state index contributed by atoms with van der Waals surface area (Å²) in [4.78, 5) is 0. The van der Waals surface area contributed by atoms with Crippen molar-refractivity contribution in [1.29, 1.82) is 0 Å². The molecule has 0 radical (unpaired) electrons. The van der Waals surface area contributed by atoms with E-state index >= 15 is 0 Å². The van der Waals surface area contributed by atoms with Crippen molar-refractivity contribution in [2.75, 3.05) is 31.7 Å². The summed E-state index contributed by atoms with van der Waals surface area (Å²) in [6.45, 7) is 3.09. The van der Waals surface area contributed by atoms with Gasteiger partial charge in [0.05, 0.1) is 13.2 Å². The Labute approximate surface area is 114 Å². The molecule has 2 heterocycles. The first kappa shape index (κ1) is 12.5. The molecule has 0 spiro atoms. The van der Waals surface area contributed by atoms with Gasteiger partial charge in [0.25, 0.3) is 0 Å². The smallest absolute Gasteiger partial charge is 0.220 e. The van der Waals surface area contributed by atoms with Crippen LogP contribution in [0.25, 0.3) is 10.6 Å². The number of nitrogens with one attached hydrogen (secondary N) is 1. The summed E-state index contributed by atoms with van der Waals surface area (Å²) in [5, 5.41) is 11.8. The molecule has 1 aromatic heterocycles. The van der Waals surface area contributed by atoms with E-state index in [-0.39, 0.29) is 5.82 Å². The van der Waals surface area contributed by atoms with Crippen LogP contribution in [0.2, 0.25) is 0 Å². The second kappa shape index (κ2) is 5.60. The predicted molar refractivity (Wildman–Crippen MR) is 71.3 cm³/mol. The number of morpholine rings is 1. The van der Waals surface area contributed by atoms with Crippen LogP contribution in [0.4, 0.5) is 9.52 Å². The van der Waals surface area contributed by atoms with Gasteiger partial charge in [0.1, 0.15) is 10.8 Å². The maximum atomic E-state index is 12.9. The first-order chi connectivity index (χ1) is 9.31. The minimum absolute atomic E-state index is 0.250. The molecule has 1 N–H and O–H groups in total. The van der Waals surface area contributed by atoms with Gasteiger partial charge in [-0.2, -0.15) is 0 Å². The van der Waals surface area contributed by atoms with Crippen LogP contribution in [0.3, 0.4) is 0 Å². The van der Waals surface area contributed by atoms with Crippen molar-refractivity contribution in [3.63, 3.8) is 0 Å². The molecule has 0 aliphatic carbocycles. The number of anilines is 1. The number of hydrogen-bond donors (Lipinski definition) is 1. The van der Waals surface area contributed by atoms with E-state index in [1.165, 1.54) is 23.5 Å². The van der Waals surface area contributed by atoms with Gasteiger partial charge in [-0.15, -0.1) is 10.2 Å². The lowest BCUT2D eigenvalue weighted by Crippen LogP contribution is -2.40. The van der Waals surface area contributed by atoms with E-state index in [0.717, 1.165) is 42.0 Å². The van der Waals surface area contributed by atoms with Crippen molar-refractivity contribution in [3.05, 3.63) is 30.1 Å². The zero-order valence-corrected chi connectivity index (χ0v) is 11.0. The fourth-order valence-corrected chi connectivity index (χ4v) is 2.56. The molecule has 1 saturated heterocycles. The molecule has 3 rings (SSSR count). The number of rotatable bonds is 3. The predicted octanol–water partition coefficient (Wildman–Crippen LogP) is 2.00. The van der Waals surface area contributed by atoms with Gasteiger partial charge in [0, 0.05) is 18.7 Å². The Kier molecular flexibility index (Phi) is 3.67. The summed E-state index contributed by atoms with van der Waals surface area (Å²) in [5.41, 5.74) is 4.08. The van der Waals surface area contributed by atoms with Crippen molar-refractivity contribution in [2.24, 2.45) is 0 Å². The van der Waals surface area contributed by atoms with Gasteiger partial charge in [0.2, 0.25) is 5.13 Å². The SMILES string of the molecule is Fc1ccc(-c2nnc(NN3CCOCC3)s2)cc1. The van der Waals surface area contributed by atoms with E-state index in [4.69, 9.17) is 4.74 Å². The van der Waals surface area contributed by atoms with E-state index in [9.17, 15) is 4.39 Å². The van der Waals surface area contributed by atoms with E-state index in [2.05, 4.69) is 20.6 Å². The quantitative estimate of drug-likeness (QED) is 0.932. The molecular formula is C12H13FN4OS. The Morgan fingerprint density at radius 3 is 2.63 bits per heavy atom. The van der Waals surface area contributed by atoms with Crippen molar-refractivity contribution in [2.45, 2.75) is 0 Å². The Bertz CT molecular complexity index is 539. The third kappa shape index (κ3) is 3.06. The minimum Gasteiger partial charge on any atom is -0.379 e. The fraction of sp³-hybridized carbons (Fsp3) is 0.333. The molecule has 0 bridgehead atoms. The Balaban J connectivity index is 1.70. The number of hydrazine groups is 1. The molecule has 19 heavy (non-hydrogen) atoms. The standard InChI is InChI=1S/C12H13FN4OS/c13-10-3-1-9(2-4-10)11-14-15-12(19-11)16-17-5-7-18-8-6-17/h1-4H,5-8H2,(H,15,16). The number of ether oxygens (including phenoxy) is 1. The van der Waals surface area contributed by atoms with Crippen LogP contribution in [0, 0.1) is 5.82 Å². The van der Waals surface area contributed by atoms with Gasteiger partial charge in [-0.1, -0.05) is 11.3 Å². The second-order valence-corrected chi connectivity index (χ2v) is 5.11. The molecule has 0 saturated carbocycles. The highest BCUT2D eigenvalue weighted by Crippen LogP contribution is 2.26. The summed E-state index contributed by atoms with van der Waals surface area (Å²) in [7, 11) is 0. The molecule has 0 atom stereocenters. The monoisotopic (exact) mass is 280 g/mol. The van der Waals surface area contributed by atoms with E-state index in [1.54, 1.807) is 12.1 Å². The fourth-order valence-electron chi connectivity index (χ4n) is 1.79. The van der Waals surface area contributed by atoms with E-state index in [0.29, 0.717) is 0 Å². The lowest BCUT2D eigenvalue weighted by molar-refractivity contribution is 0.0496. The molecule has 1 aromatic carbocycles. The van der Waals surface area contributed by atoms with Crippen LogP contribution in [0.5, 0.6) is 0 Å². The minimum atomic E-state index is -0.250. The molecule has 100 valence electrons. The first-order valence-electron chi connectivity index (χ1n) is 6.00. The molecule has 1 fully saturated rings. The molecular weight excluding hydrogens is 267 g/mol. The van der Waals surface area contributed by atoms with E-state index in [1.807, 2.05) is 0 Å². The van der Waals surface area contributed by atoms with Gasteiger partial charge < -0.3 is 4.74 Å². The molecule has 0 unspecified atom stereocenters. The van der Waals surface area contributed by atoms with Crippen LogP contribution >= 0.6 is 11.3 Å². The lowest BCUT2D eigenvalue weighted by atomic mass is 10.2. The third-order valence-electron chi connectivity index (χ3n) is 2.78. The van der Waals surface area contributed by atoms with E-state index < -0.39 is 0 Å². The Hall–Kier alpha value is -1.57. The number of halogens is 1. The maximum absolute atomic E-state index is 12.9. The highest BCUT2D eigenvalue weighted by molar-refractivity contribution is 7.18. The molecule has 2 aromatic rings. The Morgan fingerprint density at radius 1 is 1.16 bits per heavy atom. The molecule has 1 aliphatic rings. The summed E-state index contributed by atoms with van der Waals surface area (Å²) < 4.78 is 18.1. The summed E-state index contributed by atoms with van der Waals surface area (Å²) in [6, 6.07) is 6.25. The number of nitrogens with zero attached hydrogens (tertiary/aromatic N) is 3. The van der Waals surface area contributed by atoms with Crippen molar-refractivity contribution in [1.82, 2.24) is 15.2 Å². The van der Waals surface area contributed by atoms with Crippen molar-refractivity contribution >= 4 is 16.5 Å². The maximum Gasteiger partial charge on any atom is 0.220 e. The normalized spacial score (nSPS) is 16.5.